The molecular weight excluding hydrogens is 252 g/mol. The highest BCUT2D eigenvalue weighted by atomic mass is 32.2. The summed E-state index contributed by atoms with van der Waals surface area (Å²) in [7, 11) is -3.58. The molecular formula is C11H12N4O2S. The van der Waals surface area contributed by atoms with Crippen LogP contribution in [0.1, 0.15) is 0 Å². The van der Waals surface area contributed by atoms with Gasteiger partial charge in [-0.3, -0.25) is 15.5 Å². The van der Waals surface area contributed by atoms with Gasteiger partial charge in [-0.15, -0.1) is 0 Å². The molecule has 0 saturated carbocycles. The van der Waals surface area contributed by atoms with Gasteiger partial charge >= 0.3 is 0 Å². The second kappa shape index (κ2) is 5.03. The molecule has 6 nitrogen and oxygen atoms in total. The number of benzene rings is 1. The fourth-order valence-corrected chi connectivity index (χ4v) is 2.42. The molecule has 7 heteroatoms. The molecule has 0 amide bonds. The van der Waals surface area contributed by atoms with Crippen LogP contribution in [0, 0.1) is 0 Å². The van der Waals surface area contributed by atoms with E-state index in [4.69, 9.17) is 5.84 Å². The first-order valence-electron chi connectivity index (χ1n) is 5.11. The first-order valence-corrected chi connectivity index (χ1v) is 6.60. The minimum absolute atomic E-state index is 0.165. The SMILES string of the molecule is NNc1ccc(S(=O)(=O)Nc2ccncc2)cc1. The third kappa shape index (κ3) is 2.76. The van der Waals surface area contributed by atoms with E-state index in [2.05, 4.69) is 15.1 Å². The number of anilines is 2. The molecule has 0 atom stereocenters. The van der Waals surface area contributed by atoms with Crippen LogP contribution in [-0.2, 0) is 10.0 Å². The van der Waals surface area contributed by atoms with E-state index in [0.29, 0.717) is 11.4 Å². The van der Waals surface area contributed by atoms with Gasteiger partial charge in [-0.25, -0.2) is 8.42 Å². The molecule has 0 spiro atoms. The lowest BCUT2D eigenvalue weighted by atomic mass is 10.3. The Morgan fingerprint density at radius 2 is 1.56 bits per heavy atom. The maximum Gasteiger partial charge on any atom is 0.261 e. The lowest BCUT2D eigenvalue weighted by molar-refractivity contribution is 0.601. The quantitative estimate of drug-likeness (QED) is 0.569. The Kier molecular flexibility index (Phi) is 3.45. The summed E-state index contributed by atoms with van der Waals surface area (Å²) in [6.07, 6.45) is 3.03. The molecule has 0 fully saturated rings. The van der Waals surface area contributed by atoms with E-state index in [1.54, 1.807) is 24.3 Å². The summed E-state index contributed by atoms with van der Waals surface area (Å²) in [5.41, 5.74) is 3.53. The van der Waals surface area contributed by atoms with Gasteiger partial charge in [0.1, 0.15) is 0 Å². The van der Waals surface area contributed by atoms with Gasteiger partial charge in [-0.2, -0.15) is 0 Å². The predicted molar refractivity (Wildman–Crippen MR) is 69.3 cm³/mol. The van der Waals surface area contributed by atoms with Crippen molar-refractivity contribution in [3.8, 4) is 0 Å². The summed E-state index contributed by atoms with van der Waals surface area (Å²) >= 11 is 0. The fraction of sp³-hybridized carbons (Fsp3) is 0. The molecule has 1 heterocycles. The van der Waals surface area contributed by atoms with Crippen molar-refractivity contribution in [1.82, 2.24) is 4.98 Å². The monoisotopic (exact) mass is 264 g/mol. The number of rotatable bonds is 4. The Labute approximate surface area is 105 Å². The molecule has 0 aliphatic heterocycles. The van der Waals surface area contributed by atoms with E-state index >= 15 is 0 Å². The minimum Gasteiger partial charge on any atom is -0.324 e. The Morgan fingerprint density at radius 1 is 0.944 bits per heavy atom. The van der Waals surface area contributed by atoms with Gasteiger partial charge in [0.15, 0.2) is 0 Å². The van der Waals surface area contributed by atoms with Crippen LogP contribution < -0.4 is 16.0 Å². The summed E-state index contributed by atoms with van der Waals surface area (Å²) in [6.45, 7) is 0. The number of hydrazine groups is 1. The Morgan fingerprint density at radius 3 is 2.11 bits per heavy atom. The molecule has 1 aromatic carbocycles. The number of pyridine rings is 1. The second-order valence-electron chi connectivity index (χ2n) is 3.51. The summed E-state index contributed by atoms with van der Waals surface area (Å²) in [5.74, 6) is 5.21. The number of sulfonamides is 1. The van der Waals surface area contributed by atoms with Gasteiger partial charge in [0.25, 0.3) is 10.0 Å². The van der Waals surface area contributed by atoms with Crippen LogP contribution in [0.4, 0.5) is 11.4 Å². The molecule has 2 rings (SSSR count). The van der Waals surface area contributed by atoms with Crippen LogP contribution in [0.5, 0.6) is 0 Å². The number of hydrogen-bond donors (Lipinski definition) is 3. The third-order valence-electron chi connectivity index (χ3n) is 2.26. The fourth-order valence-electron chi connectivity index (χ4n) is 1.36. The number of hydrogen-bond acceptors (Lipinski definition) is 5. The number of nitrogens with one attached hydrogen (secondary N) is 2. The van der Waals surface area contributed by atoms with Crippen LogP contribution in [0.15, 0.2) is 53.7 Å². The van der Waals surface area contributed by atoms with Gasteiger partial charge in [-0.1, -0.05) is 0 Å². The molecule has 18 heavy (non-hydrogen) atoms. The van der Waals surface area contributed by atoms with E-state index in [-0.39, 0.29) is 4.90 Å². The Balaban J connectivity index is 2.25. The summed E-state index contributed by atoms with van der Waals surface area (Å²) in [6, 6.07) is 9.26. The molecule has 4 N–H and O–H groups in total. The van der Waals surface area contributed by atoms with E-state index in [9.17, 15) is 8.42 Å². The van der Waals surface area contributed by atoms with Crippen molar-refractivity contribution in [3.05, 3.63) is 48.8 Å². The van der Waals surface area contributed by atoms with Crippen LogP contribution >= 0.6 is 0 Å². The smallest absolute Gasteiger partial charge is 0.261 e. The average molecular weight is 264 g/mol. The minimum atomic E-state index is -3.58. The summed E-state index contributed by atoms with van der Waals surface area (Å²) in [4.78, 5) is 3.98. The van der Waals surface area contributed by atoms with E-state index in [1.165, 1.54) is 24.5 Å². The molecule has 0 aliphatic carbocycles. The highest BCUT2D eigenvalue weighted by Gasteiger charge is 2.13. The highest BCUT2D eigenvalue weighted by molar-refractivity contribution is 7.92. The van der Waals surface area contributed by atoms with Crippen LogP contribution in [0.2, 0.25) is 0 Å². The van der Waals surface area contributed by atoms with E-state index in [0.717, 1.165) is 0 Å². The molecule has 1 aromatic heterocycles. The number of nitrogens with two attached hydrogens (primary N) is 1. The Hall–Kier alpha value is -2.12. The number of nitrogen functional groups attached to an aromatic ring is 1. The van der Waals surface area contributed by atoms with E-state index in [1.807, 2.05) is 0 Å². The summed E-state index contributed by atoms with van der Waals surface area (Å²) < 4.78 is 26.5. The largest absolute Gasteiger partial charge is 0.324 e. The zero-order chi connectivity index (χ0) is 13.0. The molecule has 94 valence electrons. The maximum atomic E-state index is 12.0. The second-order valence-corrected chi connectivity index (χ2v) is 5.19. The molecule has 0 radical (unpaired) electrons. The van der Waals surface area contributed by atoms with Gasteiger partial charge in [0.2, 0.25) is 0 Å². The first kappa shape index (κ1) is 12.3. The molecule has 0 bridgehead atoms. The van der Waals surface area contributed by atoms with Gasteiger partial charge < -0.3 is 5.43 Å². The molecule has 0 saturated heterocycles. The molecule has 2 aromatic rings. The topological polar surface area (TPSA) is 97.1 Å². The highest BCUT2D eigenvalue weighted by Crippen LogP contribution is 2.17. The van der Waals surface area contributed by atoms with Crippen molar-refractivity contribution >= 4 is 21.4 Å². The maximum absolute atomic E-state index is 12.0. The molecule has 0 aliphatic rings. The van der Waals surface area contributed by atoms with Crippen molar-refractivity contribution in [2.45, 2.75) is 4.90 Å². The molecule has 0 unspecified atom stereocenters. The Bertz CT molecular complexity index is 611. The predicted octanol–water partition coefficient (Wildman–Crippen LogP) is 1.17. The number of nitrogens with zero attached hydrogens (tertiary/aromatic N) is 1. The lowest BCUT2D eigenvalue weighted by Gasteiger charge is -2.08. The van der Waals surface area contributed by atoms with Crippen molar-refractivity contribution in [1.29, 1.82) is 0 Å². The van der Waals surface area contributed by atoms with Crippen LogP contribution in [0.3, 0.4) is 0 Å². The van der Waals surface area contributed by atoms with Crippen molar-refractivity contribution in [2.75, 3.05) is 10.1 Å². The zero-order valence-electron chi connectivity index (χ0n) is 9.37. The first-order chi connectivity index (χ1) is 8.62. The average Bonchev–Trinajstić information content (AvgIpc) is 2.39. The van der Waals surface area contributed by atoms with E-state index < -0.39 is 10.0 Å². The number of aromatic nitrogens is 1. The van der Waals surface area contributed by atoms with Gasteiger partial charge in [-0.05, 0) is 36.4 Å². The van der Waals surface area contributed by atoms with Crippen LogP contribution in [0.25, 0.3) is 0 Å². The zero-order valence-corrected chi connectivity index (χ0v) is 10.2. The summed E-state index contributed by atoms with van der Waals surface area (Å²) in [5, 5.41) is 0. The van der Waals surface area contributed by atoms with Crippen molar-refractivity contribution in [2.24, 2.45) is 5.84 Å². The third-order valence-corrected chi connectivity index (χ3v) is 3.66. The lowest BCUT2D eigenvalue weighted by Crippen LogP contribution is -2.13. The van der Waals surface area contributed by atoms with Crippen molar-refractivity contribution < 1.29 is 8.42 Å². The van der Waals surface area contributed by atoms with Crippen LogP contribution in [-0.4, -0.2) is 13.4 Å². The van der Waals surface area contributed by atoms with Crippen molar-refractivity contribution in [3.63, 3.8) is 0 Å². The van der Waals surface area contributed by atoms with Gasteiger partial charge in [0, 0.05) is 18.1 Å². The van der Waals surface area contributed by atoms with Gasteiger partial charge in [0.05, 0.1) is 10.6 Å². The normalized spacial score (nSPS) is 10.9. The standard InChI is InChI=1S/C11H12N4O2S/c12-14-9-1-3-11(4-2-9)18(16,17)15-10-5-7-13-8-6-10/h1-8,14H,12H2,(H,13,15).